The molecule has 2 heteroatoms. The zero-order valence-corrected chi connectivity index (χ0v) is 6.90. The van der Waals surface area contributed by atoms with Crippen molar-refractivity contribution in [3.05, 3.63) is 35.5 Å². The van der Waals surface area contributed by atoms with Gasteiger partial charge in [0.2, 0.25) is 0 Å². The maximum absolute atomic E-state index is 5.69. The van der Waals surface area contributed by atoms with Gasteiger partial charge in [0, 0.05) is 16.3 Å². The molecule has 2 N–H and O–H groups in total. The molecule has 0 aliphatic carbocycles. The quantitative estimate of drug-likeness (QED) is 0.633. The fraction of sp³-hybridized carbons (Fsp3) is 0.111. The van der Waals surface area contributed by atoms with E-state index in [0.29, 0.717) is 0 Å². The smallest absolute Gasteiger partial charge is 0.0378 e. The minimum absolute atomic E-state index is 0.928. The maximum Gasteiger partial charge on any atom is 0.0378 e. The van der Waals surface area contributed by atoms with Crippen molar-refractivity contribution in [1.82, 2.24) is 0 Å². The number of hydrogen-bond donors (Lipinski definition) is 1. The average molecular weight is 163 g/mol. The molecule has 0 saturated heterocycles. The molecule has 0 radical (unpaired) electrons. The Hall–Kier alpha value is -0.890. The van der Waals surface area contributed by atoms with Gasteiger partial charge in [-0.05, 0) is 17.7 Å². The van der Waals surface area contributed by atoms with E-state index in [1.54, 1.807) is 11.8 Å². The molecule has 1 heterocycles. The van der Waals surface area contributed by atoms with Gasteiger partial charge in [-0.25, -0.2) is 0 Å². The van der Waals surface area contributed by atoms with E-state index >= 15 is 0 Å². The molecule has 0 bridgehead atoms. The molecule has 1 aromatic rings. The fourth-order valence-electron chi connectivity index (χ4n) is 1.13. The Kier molecular flexibility index (Phi) is 1.62. The van der Waals surface area contributed by atoms with Crippen LogP contribution >= 0.6 is 11.8 Å². The van der Waals surface area contributed by atoms with Gasteiger partial charge in [0.25, 0.3) is 0 Å². The molecule has 0 spiro atoms. The Morgan fingerprint density at radius 3 is 3.00 bits per heavy atom. The highest BCUT2D eigenvalue weighted by Gasteiger charge is 2.06. The Morgan fingerprint density at radius 1 is 1.27 bits per heavy atom. The molecule has 0 amide bonds. The minimum atomic E-state index is 0.928. The summed E-state index contributed by atoms with van der Waals surface area (Å²) in [6, 6.07) is 8.31. The van der Waals surface area contributed by atoms with Crippen molar-refractivity contribution >= 4 is 17.8 Å². The van der Waals surface area contributed by atoms with Crippen LogP contribution in [0.3, 0.4) is 0 Å². The zero-order chi connectivity index (χ0) is 7.68. The summed E-state index contributed by atoms with van der Waals surface area (Å²) in [6.45, 7) is 0. The van der Waals surface area contributed by atoms with Gasteiger partial charge in [-0.1, -0.05) is 18.2 Å². The molecule has 1 nitrogen and oxygen atoms in total. The molecule has 0 atom stereocenters. The number of nitrogens with two attached hydrogens (primary N) is 1. The third kappa shape index (κ3) is 1.26. The van der Waals surface area contributed by atoms with Crippen LogP contribution in [0.1, 0.15) is 5.56 Å². The molecule has 0 unspecified atom stereocenters. The molecule has 0 aromatic heterocycles. The number of thioether (sulfide) groups is 1. The third-order valence-electron chi connectivity index (χ3n) is 1.65. The molecule has 11 heavy (non-hydrogen) atoms. The van der Waals surface area contributed by atoms with Gasteiger partial charge in [0.05, 0.1) is 0 Å². The molecule has 2 rings (SSSR count). The standard InChI is InChI=1S/C9H9NS/c10-8-5-7-3-1-2-4-9(7)11-6-8/h1-5H,6,10H2. The van der Waals surface area contributed by atoms with Crippen molar-refractivity contribution in [3.8, 4) is 0 Å². The summed E-state index contributed by atoms with van der Waals surface area (Å²) < 4.78 is 0. The maximum atomic E-state index is 5.69. The summed E-state index contributed by atoms with van der Waals surface area (Å²) in [7, 11) is 0. The van der Waals surface area contributed by atoms with Crippen molar-refractivity contribution in [2.75, 3.05) is 5.75 Å². The third-order valence-corrected chi connectivity index (χ3v) is 2.81. The van der Waals surface area contributed by atoms with Crippen molar-refractivity contribution in [2.45, 2.75) is 4.90 Å². The van der Waals surface area contributed by atoms with Crippen molar-refractivity contribution in [3.63, 3.8) is 0 Å². The number of benzene rings is 1. The van der Waals surface area contributed by atoms with Gasteiger partial charge in [0.15, 0.2) is 0 Å². The summed E-state index contributed by atoms with van der Waals surface area (Å²) >= 11 is 1.80. The van der Waals surface area contributed by atoms with Crippen LogP contribution in [0.15, 0.2) is 34.9 Å². The molecular weight excluding hydrogens is 154 g/mol. The highest BCUT2D eigenvalue weighted by molar-refractivity contribution is 7.99. The summed E-state index contributed by atoms with van der Waals surface area (Å²) in [5.41, 5.74) is 7.91. The lowest BCUT2D eigenvalue weighted by atomic mass is 10.2. The number of fused-ring (bicyclic) bond motifs is 1. The lowest BCUT2D eigenvalue weighted by Gasteiger charge is -2.11. The summed E-state index contributed by atoms with van der Waals surface area (Å²) in [6.07, 6.45) is 2.05. The van der Waals surface area contributed by atoms with Crippen molar-refractivity contribution in [1.29, 1.82) is 0 Å². The van der Waals surface area contributed by atoms with Gasteiger partial charge in [-0.2, -0.15) is 0 Å². The molecule has 1 aliphatic heterocycles. The number of hydrogen-bond acceptors (Lipinski definition) is 2. The first kappa shape index (κ1) is 6.80. The predicted molar refractivity (Wildman–Crippen MR) is 49.3 cm³/mol. The van der Waals surface area contributed by atoms with E-state index in [0.717, 1.165) is 11.4 Å². The molecule has 0 fully saturated rings. The highest BCUT2D eigenvalue weighted by atomic mass is 32.2. The van der Waals surface area contributed by atoms with E-state index < -0.39 is 0 Å². The first-order chi connectivity index (χ1) is 5.36. The van der Waals surface area contributed by atoms with Crippen LogP contribution in [0, 0.1) is 0 Å². The highest BCUT2D eigenvalue weighted by Crippen LogP contribution is 2.29. The topological polar surface area (TPSA) is 26.0 Å². The van der Waals surface area contributed by atoms with Crippen LogP contribution < -0.4 is 5.73 Å². The second-order valence-electron chi connectivity index (χ2n) is 2.55. The van der Waals surface area contributed by atoms with E-state index in [1.807, 2.05) is 12.1 Å². The van der Waals surface area contributed by atoms with Gasteiger partial charge >= 0.3 is 0 Å². The van der Waals surface area contributed by atoms with Crippen LogP contribution in [0.25, 0.3) is 6.08 Å². The van der Waals surface area contributed by atoms with Crippen LogP contribution in [-0.2, 0) is 0 Å². The monoisotopic (exact) mass is 163 g/mol. The largest absolute Gasteiger partial charge is 0.401 e. The van der Waals surface area contributed by atoms with Gasteiger partial charge < -0.3 is 5.73 Å². The Bertz CT molecular complexity index is 304. The van der Waals surface area contributed by atoms with Crippen LogP contribution in [0.5, 0.6) is 0 Å². The Morgan fingerprint density at radius 2 is 2.09 bits per heavy atom. The lowest BCUT2D eigenvalue weighted by Crippen LogP contribution is -2.03. The van der Waals surface area contributed by atoms with E-state index in [9.17, 15) is 0 Å². The van der Waals surface area contributed by atoms with E-state index in [1.165, 1.54) is 10.5 Å². The predicted octanol–water partition coefficient (Wildman–Crippen LogP) is 2.09. The first-order valence-electron chi connectivity index (χ1n) is 3.54. The fourth-order valence-corrected chi connectivity index (χ4v) is 2.01. The lowest BCUT2D eigenvalue weighted by molar-refractivity contribution is 1.29. The molecule has 1 aromatic carbocycles. The molecule has 1 aliphatic rings. The zero-order valence-electron chi connectivity index (χ0n) is 6.08. The van der Waals surface area contributed by atoms with Crippen LogP contribution in [0.4, 0.5) is 0 Å². The Labute approximate surface area is 70.3 Å². The van der Waals surface area contributed by atoms with Crippen molar-refractivity contribution < 1.29 is 0 Å². The second kappa shape index (κ2) is 2.62. The average Bonchev–Trinajstić information content (AvgIpc) is 2.04. The Balaban J connectivity index is 2.51. The van der Waals surface area contributed by atoms with Crippen molar-refractivity contribution in [2.24, 2.45) is 5.73 Å². The summed E-state index contributed by atoms with van der Waals surface area (Å²) in [4.78, 5) is 1.33. The van der Waals surface area contributed by atoms with Crippen LogP contribution in [-0.4, -0.2) is 5.75 Å². The van der Waals surface area contributed by atoms with Gasteiger partial charge in [-0.3, -0.25) is 0 Å². The second-order valence-corrected chi connectivity index (χ2v) is 3.56. The van der Waals surface area contributed by atoms with Gasteiger partial charge in [-0.15, -0.1) is 11.8 Å². The minimum Gasteiger partial charge on any atom is -0.401 e. The van der Waals surface area contributed by atoms with E-state index in [2.05, 4.69) is 18.2 Å². The molecular formula is C9H9NS. The first-order valence-corrected chi connectivity index (χ1v) is 4.53. The SMILES string of the molecule is NC1=Cc2ccccc2SC1. The summed E-state index contributed by atoms with van der Waals surface area (Å²) in [5, 5.41) is 0. The molecule has 0 saturated carbocycles. The van der Waals surface area contributed by atoms with E-state index in [4.69, 9.17) is 5.73 Å². The van der Waals surface area contributed by atoms with Crippen LogP contribution in [0.2, 0.25) is 0 Å². The van der Waals surface area contributed by atoms with Gasteiger partial charge in [0.1, 0.15) is 0 Å². The normalized spacial score (nSPS) is 15.5. The molecule has 56 valence electrons. The number of rotatable bonds is 0. The van der Waals surface area contributed by atoms with E-state index in [-0.39, 0.29) is 0 Å². The summed E-state index contributed by atoms with van der Waals surface area (Å²) in [5.74, 6) is 0.928.